The minimum absolute atomic E-state index is 0.00568. The first kappa shape index (κ1) is 19.5. The Kier molecular flexibility index (Phi) is 5.85. The first-order valence-corrected chi connectivity index (χ1v) is 9.94. The summed E-state index contributed by atoms with van der Waals surface area (Å²) in [5.41, 5.74) is -0.0887. The summed E-state index contributed by atoms with van der Waals surface area (Å²) < 4.78 is 26.8. The normalized spacial score (nSPS) is 17.1. The van der Waals surface area contributed by atoms with Gasteiger partial charge in [-0.25, -0.2) is 8.42 Å². The van der Waals surface area contributed by atoms with Crippen molar-refractivity contribution in [3.8, 4) is 0 Å². The number of carbonyl (C=O) groups excluding carboxylic acids is 1. The predicted molar refractivity (Wildman–Crippen MR) is 95.9 cm³/mol. The minimum Gasteiger partial charge on any atom is -0.340 e. The van der Waals surface area contributed by atoms with Crippen molar-refractivity contribution < 1.29 is 13.2 Å². The molecule has 0 aliphatic carbocycles. The van der Waals surface area contributed by atoms with Crippen LogP contribution >= 0.6 is 23.2 Å². The molecule has 1 aromatic carbocycles. The molecule has 8 heteroatoms. The van der Waals surface area contributed by atoms with Crippen LogP contribution in [0.4, 0.5) is 0 Å². The zero-order valence-electron chi connectivity index (χ0n) is 14.1. The molecule has 1 saturated heterocycles. The highest BCUT2D eigenvalue weighted by atomic mass is 35.5. The summed E-state index contributed by atoms with van der Waals surface area (Å²) in [4.78, 5) is 14.0. The second-order valence-corrected chi connectivity index (χ2v) is 9.77. The molecule has 0 aromatic heterocycles. The van der Waals surface area contributed by atoms with E-state index in [1.807, 2.05) is 20.8 Å². The zero-order chi connectivity index (χ0) is 18.1. The molecular formula is C16H22Cl2N2O3S. The summed E-state index contributed by atoms with van der Waals surface area (Å²) in [5, 5.41) is 0.238. The van der Waals surface area contributed by atoms with Gasteiger partial charge in [-0.15, -0.1) is 0 Å². The van der Waals surface area contributed by atoms with Crippen LogP contribution in [0, 0.1) is 5.41 Å². The quantitative estimate of drug-likeness (QED) is 0.792. The van der Waals surface area contributed by atoms with E-state index in [-0.39, 0.29) is 39.4 Å². The van der Waals surface area contributed by atoms with Gasteiger partial charge in [0.05, 0.1) is 10.0 Å². The Hall–Kier alpha value is -0.820. The fraction of sp³-hybridized carbons (Fsp3) is 0.562. The molecule has 0 radical (unpaired) electrons. The first-order valence-electron chi connectivity index (χ1n) is 7.74. The van der Waals surface area contributed by atoms with Gasteiger partial charge in [-0.3, -0.25) is 4.79 Å². The van der Waals surface area contributed by atoms with Crippen molar-refractivity contribution in [2.24, 2.45) is 5.41 Å². The average Bonchev–Trinajstić information content (AvgIpc) is 2.48. The molecule has 134 valence electrons. The van der Waals surface area contributed by atoms with E-state index in [0.717, 1.165) is 0 Å². The van der Waals surface area contributed by atoms with E-state index in [0.29, 0.717) is 19.5 Å². The Morgan fingerprint density at radius 2 is 1.71 bits per heavy atom. The minimum atomic E-state index is -3.72. The van der Waals surface area contributed by atoms with Crippen molar-refractivity contribution in [1.82, 2.24) is 9.21 Å². The smallest absolute Gasteiger partial charge is 0.244 e. The van der Waals surface area contributed by atoms with E-state index >= 15 is 0 Å². The first-order chi connectivity index (χ1) is 11.0. The van der Waals surface area contributed by atoms with E-state index in [4.69, 9.17) is 23.2 Å². The summed E-state index contributed by atoms with van der Waals surface area (Å²) in [6.07, 6.45) is 0.444. The van der Waals surface area contributed by atoms with Crippen molar-refractivity contribution in [2.75, 3.05) is 26.2 Å². The van der Waals surface area contributed by atoms with Crippen molar-refractivity contribution in [3.63, 3.8) is 0 Å². The SMILES string of the molecule is CC(C)(C)CC(=O)N1CCN(S(=O)(=O)c2cccc(Cl)c2Cl)CC1. The van der Waals surface area contributed by atoms with Crippen molar-refractivity contribution in [1.29, 1.82) is 0 Å². The molecule has 1 heterocycles. The standard InChI is InChI=1S/C16H22Cl2N2O3S/c1-16(2,3)11-14(21)19-7-9-20(10-8-19)24(22,23)13-6-4-5-12(17)15(13)18/h4-6H,7-11H2,1-3H3. The van der Waals surface area contributed by atoms with Gasteiger partial charge in [0.2, 0.25) is 15.9 Å². The van der Waals surface area contributed by atoms with E-state index in [1.54, 1.807) is 17.0 Å². The number of amides is 1. The van der Waals surface area contributed by atoms with Gasteiger partial charge < -0.3 is 4.90 Å². The Labute approximate surface area is 153 Å². The third kappa shape index (κ3) is 4.42. The number of nitrogens with zero attached hydrogens (tertiary/aromatic N) is 2. The van der Waals surface area contributed by atoms with Gasteiger partial charge >= 0.3 is 0 Å². The molecule has 1 aliphatic rings. The fourth-order valence-corrected chi connectivity index (χ4v) is 4.72. The van der Waals surface area contributed by atoms with Gasteiger partial charge in [-0.2, -0.15) is 4.31 Å². The summed E-state index contributed by atoms with van der Waals surface area (Å²) in [5.74, 6) is 0.0559. The maximum atomic E-state index is 12.7. The maximum Gasteiger partial charge on any atom is 0.244 e. The monoisotopic (exact) mass is 392 g/mol. The van der Waals surface area contributed by atoms with Gasteiger partial charge in [0, 0.05) is 32.6 Å². The topological polar surface area (TPSA) is 57.7 Å². The lowest BCUT2D eigenvalue weighted by Gasteiger charge is -2.35. The van der Waals surface area contributed by atoms with Crippen LogP contribution in [0.25, 0.3) is 0 Å². The molecule has 1 amide bonds. The van der Waals surface area contributed by atoms with E-state index < -0.39 is 10.0 Å². The molecule has 1 aliphatic heterocycles. The Balaban J connectivity index is 2.09. The van der Waals surface area contributed by atoms with Crippen LogP contribution in [0.15, 0.2) is 23.1 Å². The number of halogens is 2. The second kappa shape index (κ2) is 7.20. The molecule has 0 atom stereocenters. The van der Waals surface area contributed by atoms with Crippen LogP contribution in [0.2, 0.25) is 10.0 Å². The number of hydrogen-bond donors (Lipinski definition) is 0. The van der Waals surface area contributed by atoms with Crippen molar-refractivity contribution >= 4 is 39.1 Å². The number of rotatable bonds is 3. The van der Waals surface area contributed by atoms with Gasteiger partial charge in [-0.05, 0) is 17.5 Å². The van der Waals surface area contributed by atoms with Crippen LogP contribution < -0.4 is 0 Å². The maximum absolute atomic E-state index is 12.7. The molecule has 0 saturated carbocycles. The Bertz CT molecular complexity index is 721. The lowest BCUT2D eigenvalue weighted by molar-refractivity contribution is -0.134. The largest absolute Gasteiger partial charge is 0.340 e. The molecular weight excluding hydrogens is 371 g/mol. The number of sulfonamides is 1. The number of benzene rings is 1. The highest BCUT2D eigenvalue weighted by molar-refractivity contribution is 7.89. The van der Waals surface area contributed by atoms with Crippen LogP contribution in [-0.4, -0.2) is 49.7 Å². The number of carbonyl (C=O) groups is 1. The summed E-state index contributed by atoms with van der Waals surface area (Å²) in [6.45, 7) is 7.28. The molecule has 24 heavy (non-hydrogen) atoms. The molecule has 0 unspecified atom stereocenters. The molecule has 2 rings (SSSR count). The summed E-state index contributed by atoms with van der Waals surface area (Å²) in [6, 6.07) is 4.55. The zero-order valence-corrected chi connectivity index (χ0v) is 16.4. The fourth-order valence-electron chi connectivity index (χ4n) is 2.57. The lowest BCUT2D eigenvalue weighted by Crippen LogP contribution is -2.51. The van der Waals surface area contributed by atoms with Gasteiger partial charge in [0.1, 0.15) is 4.90 Å². The molecule has 0 N–H and O–H groups in total. The molecule has 5 nitrogen and oxygen atoms in total. The van der Waals surface area contributed by atoms with Crippen molar-refractivity contribution in [3.05, 3.63) is 28.2 Å². The summed E-state index contributed by atoms with van der Waals surface area (Å²) >= 11 is 12.0. The van der Waals surface area contributed by atoms with Gasteiger partial charge in [-0.1, -0.05) is 50.0 Å². The van der Waals surface area contributed by atoms with Crippen LogP contribution in [0.1, 0.15) is 27.2 Å². The van der Waals surface area contributed by atoms with Crippen LogP contribution in [-0.2, 0) is 14.8 Å². The highest BCUT2D eigenvalue weighted by Crippen LogP contribution is 2.31. The molecule has 1 fully saturated rings. The highest BCUT2D eigenvalue weighted by Gasteiger charge is 2.32. The van der Waals surface area contributed by atoms with Crippen LogP contribution in [0.3, 0.4) is 0 Å². The lowest BCUT2D eigenvalue weighted by atomic mass is 9.91. The number of hydrogen-bond acceptors (Lipinski definition) is 3. The van der Waals surface area contributed by atoms with Crippen LogP contribution in [0.5, 0.6) is 0 Å². The second-order valence-electron chi connectivity index (χ2n) is 7.07. The predicted octanol–water partition coefficient (Wildman–Crippen LogP) is 3.26. The molecule has 0 spiro atoms. The van der Waals surface area contributed by atoms with E-state index in [2.05, 4.69) is 0 Å². The van der Waals surface area contributed by atoms with E-state index in [1.165, 1.54) is 10.4 Å². The molecule has 0 bridgehead atoms. The van der Waals surface area contributed by atoms with Gasteiger partial charge in [0.15, 0.2) is 0 Å². The summed E-state index contributed by atoms with van der Waals surface area (Å²) in [7, 11) is -3.72. The number of piperazine rings is 1. The van der Waals surface area contributed by atoms with Gasteiger partial charge in [0.25, 0.3) is 0 Å². The third-order valence-corrected chi connectivity index (χ3v) is 6.68. The average molecular weight is 393 g/mol. The third-order valence-electron chi connectivity index (χ3n) is 3.81. The molecule has 1 aromatic rings. The Morgan fingerprint density at radius 1 is 1.12 bits per heavy atom. The Morgan fingerprint density at radius 3 is 2.25 bits per heavy atom. The van der Waals surface area contributed by atoms with Crippen molar-refractivity contribution in [2.45, 2.75) is 32.1 Å². The van der Waals surface area contributed by atoms with E-state index in [9.17, 15) is 13.2 Å².